The highest BCUT2D eigenvalue weighted by Gasteiger charge is 2.08. The number of rotatable bonds is 4. The van der Waals surface area contributed by atoms with Gasteiger partial charge >= 0.3 is 11.9 Å². The highest BCUT2D eigenvalue weighted by molar-refractivity contribution is 9.12. The van der Waals surface area contributed by atoms with Crippen LogP contribution in [-0.2, 0) is 19.4 Å². The van der Waals surface area contributed by atoms with E-state index in [4.69, 9.17) is 10.2 Å². The fraction of sp³-hybridized carbons (Fsp3) is 0.429. The van der Waals surface area contributed by atoms with Crippen molar-refractivity contribution in [3.63, 3.8) is 0 Å². The molecule has 0 fully saturated rings. The first-order valence-corrected chi connectivity index (χ1v) is 7.63. The van der Waals surface area contributed by atoms with Crippen molar-refractivity contribution < 1.29 is 28.2 Å². The largest absolute Gasteiger partial charge is 0.480 e. The average molecular weight is 382 g/mol. The molecule has 2 N–H and O–H groups in total. The van der Waals surface area contributed by atoms with E-state index in [1.807, 2.05) is 0 Å². The molecule has 0 heterocycles. The van der Waals surface area contributed by atoms with Gasteiger partial charge in [-0.2, -0.15) is 0 Å². The molecule has 0 spiro atoms. The van der Waals surface area contributed by atoms with Gasteiger partial charge < -0.3 is 10.2 Å². The number of alkyl halides is 2. The van der Waals surface area contributed by atoms with Crippen molar-refractivity contribution in [2.45, 2.75) is 4.83 Å². The van der Waals surface area contributed by atoms with Crippen molar-refractivity contribution >= 4 is 53.6 Å². The molecule has 0 radical (unpaired) electrons. The summed E-state index contributed by atoms with van der Waals surface area (Å²) in [5, 5.41) is 17.1. The van der Waals surface area contributed by atoms with E-state index in [-0.39, 0.29) is 0 Å². The molecule has 1 atom stereocenters. The number of carbonyl (C=O) groups is 2. The van der Waals surface area contributed by atoms with Gasteiger partial charge in [0.15, 0.2) is 9.84 Å². The first kappa shape index (κ1) is 18.0. The van der Waals surface area contributed by atoms with Gasteiger partial charge in [-0.05, 0) is 0 Å². The SMILES string of the molecule is CS(=O)(=O)/C=C/C(=O)O.O=C(O)C(Br)CBr. The van der Waals surface area contributed by atoms with Crippen LogP contribution in [0.4, 0.5) is 0 Å². The van der Waals surface area contributed by atoms with Gasteiger partial charge in [-0.25, -0.2) is 13.2 Å². The molecule has 94 valence electrons. The molecule has 6 nitrogen and oxygen atoms in total. The zero-order chi connectivity index (χ0) is 13.4. The molecule has 0 aliphatic heterocycles. The topological polar surface area (TPSA) is 109 Å². The number of sulfone groups is 1. The predicted molar refractivity (Wildman–Crippen MR) is 65.8 cm³/mol. The number of hydrogen-bond acceptors (Lipinski definition) is 4. The molecule has 0 aromatic carbocycles. The molecular formula is C7H10Br2O6S. The number of halogens is 2. The van der Waals surface area contributed by atoms with Crippen molar-refractivity contribution in [1.29, 1.82) is 0 Å². The van der Waals surface area contributed by atoms with Crippen LogP contribution in [0, 0.1) is 0 Å². The zero-order valence-corrected chi connectivity index (χ0v) is 12.1. The predicted octanol–water partition coefficient (Wildman–Crippen LogP) is 0.859. The molecule has 16 heavy (non-hydrogen) atoms. The highest BCUT2D eigenvalue weighted by Crippen LogP contribution is 2.01. The Bertz CT molecular complexity index is 361. The van der Waals surface area contributed by atoms with Gasteiger partial charge in [0, 0.05) is 23.1 Å². The Morgan fingerprint density at radius 3 is 1.88 bits per heavy atom. The summed E-state index contributed by atoms with van der Waals surface area (Å²) < 4.78 is 20.4. The molecule has 0 bridgehead atoms. The van der Waals surface area contributed by atoms with Gasteiger partial charge in [0.2, 0.25) is 0 Å². The standard InChI is InChI=1S/C4H6O4S.C3H4Br2O2/c1-9(7,8)3-2-4(5)6;4-1-2(5)3(6)7/h2-3H,1H3,(H,5,6);2H,1H2,(H,6,7)/b3-2+;. The first-order chi connectivity index (χ1) is 7.10. The van der Waals surface area contributed by atoms with Crippen LogP contribution in [0.1, 0.15) is 0 Å². The lowest BCUT2D eigenvalue weighted by Gasteiger charge is -1.93. The lowest BCUT2D eigenvalue weighted by molar-refractivity contribution is -0.135. The van der Waals surface area contributed by atoms with Crippen LogP contribution in [-0.4, -0.2) is 47.0 Å². The Labute approximate surface area is 110 Å². The molecule has 0 aliphatic carbocycles. The Hall–Kier alpha value is -0.410. The van der Waals surface area contributed by atoms with Gasteiger partial charge in [-0.3, -0.25) is 4.79 Å². The maximum absolute atomic E-state index is 10.2. The van der Waals surface area contributed by atoms with Crippen LogP contribution in [0.15, 0.2) is 11.5 Å². The van der Waals surface area contributed by atoms with E-state index in [2.05, 4.69) is 31.9 Å². The van der Waals surface area contributed by atoms with Crippen LogP contribution in [0.3, 0.4) is 0 Å². The molecule has 9 heteroatoms. The minimum atomic E-state index is -3.28. The van der Waals surface area contributed by atoms with E-state index in [1.165, 1.54) is 0 Å². The van der Waals surface area contributed by atoms with Crippen molar-refractivity contribution in [1.82, 2.24) is 0 Å². The normalized spacial score (nSPS) is 12.7. The van der Waals surface area contributed by atoms with E-state index >= 15 is 0 Å². The molecule has 0 amide bonds. The molecule has 0 aromatic rings. The van der Waals surface area contributed by atoms with Crippen LogP contribution in [0.25, 0.3) is 0 Å². The number of carboxylic acid groups (broad SMARTS) is 2. The summed E-state index contributed by atoms with van der Waals surface area (Å²) >= 11 is 5.88. The molecule has 0 saturated carbocycles. The fourth-order valence-electron chi connectivity index (χ4n) is 0.248. The van der Waals surface area contributed by atoms with Gasteiger partial charge in [-0.1, -0.05) is 31.9 Å². The van der Waals surface area contributed by atoms with Crippen molar-refractivity contribution in [2.24, 2.45) is 0 Å². The highest BCUT2D eigenvalue weighted by atomic mass is 79.9. The van der Waals surface area contributed by atoms with Gasteiger partial charge in [-0.15, -0.1) is 0 Å². The average Bonchev–Trinajstić information content (AvgIpc) is 2.13. The summed E-state index contributed by atoms with van der Waals surface area (Å²) in [6.07, 6.45) is 1.50. The van der Waals surface area contributed by atoms with E-state index in [0.29, 0.717) is 16.8 Å². The van der Waals surface area contributed by atoms with Crippen molar-refractivity contribution in [3.05, 3.63) is 11.5 Å². The van der Waals surface area contributed by atoms with E-state index in [0.717, 1.165) is 6.26 Å². The lowest BCUT2D eigenvalue weighted by atomic mass is 10.5. The summed E-state index contributed by atoms with van der Waals surface area (Å²) in [5.41, 5.74) is 0. The maximum atomic E-state index is 10.2. The third-order valence-electron chi connectivity index (χ3n) is 0.861. The van der Waals surface area contributed by atoms with Crippen molar-refractivity contribution in [3.8, 4) is 0 Å². The maximum Gasteiger partial charge on any atom is 0.329 e. The minimum Gasteiger partial charge on any atom is -0.480 e. The van der Waals surface area contributed by atoms with E-state index in [1.54, 1.807) is 0 Å². The zero-order valence-electron chi connectivity index (χ0n) is 8.13. The Morgan fingerprint density at radius 2 is 1.81 bits per heavy atom. The smallest absolute Gasteiger partial charge is 0.329 e. The fourth-order valence-corrected chi connectivity index (χ4v) is 0.888. The second-order valence-corrected chi connectivity index (χ2v) is 6.11. The number of carboxylic acids is 2. The molecule has 0 aromatic heterocycles. The van der Waals surface area contributed by atoms with Gasteiger partial charge in [0.1, 0.15) is 4.83 Å². The minimum absolute atomic E-state index is 0.447. The molecule has 0 saturated heterocycles. The summed E-state index contributed by atoms with van der Waals surface area (Å²) in [6.45, 7) is 0. The molecular weight excluding hydrogens is 372 g/mol. The molecule has 0 rings (SSSR count). The van der Waals surface area contributed by atoms with Crippen LogP contribution in [0.2, 0.25) is 0 Å². The molecule has 0 aliphatic rings. The Balaban J connectivity index is 0. The van der Waals surface area contributed by atoms with Crippen molar-refractivity contribution in [2.75, 3.05) is 11.6 Å². The lowest BCUT2D eigenvalue weighted by Crippen LogP contribution is -2.12. The second kappa shape index (κ2) is 8.71. The summed E-state index contributed by atoms with van der Waals surface area (Å²) in [6, 6.07) is 0. The molecule has 1 unspecified atom stereocenters. The van der Waals surface area contributed by atoms with E-state index < -0.39 is 26.6 Å². The third-order valence-corrected chi connectivity index (χ3v) is 3.72. The van der Waals surface area contributed by atoms with Crippen LogP contribution < -0.4 is 0 Å². The first-order valence-electron chi connectivity index (χ1n) is 3.64. The van der Waals surface area contributed by atoms with Gasteiger partial charge in [0.05, 0.1) is 0 Å². The summed E-state index contributed by atoms with van der Waals surface area (Å²) in [5.74, 6) is -2.10. The summed E-state index contributed by atoms with van der Waals surface area (Å²) in [4.78, 5) is 19.1. The quantitative estimate of drug-likeness (QED) is 0.552. The Kier molecular flexibility index (Phi) is 9.78. The number of aliphatic carboxylic acids is 2. The Morgan fingerprint density at radius 1 is 1.38 bits per heavy atom. The van der Waals surface area contributed by atoms with Crippen LogP contribution >= 0.6 is 31.9 Å². The summed E-state index contributed by atoms with van der Waals surface area (Å²) in [7, 11) is -3.28. The van der Waals surface area contributed by atoms with E-state index in [9.17, 15) is 18.0 Å². The monoisotopic (exact) mass is 380 g/mol. The number of hydrogen-bond donors (Lipinski definition) is 2. The van der Waals surface area contributed by atoms with Gasteiger partial charge in [0.25, 0.3) is 0 Å². The van der Waals surface area contributed by atoms with Crippen LogP contribution in [0.5, 0.6) is 0 Å². The third kappa shape index (κ3) is 16.0. The second-order valence-electron chi connectivity index (χ2n) is 2.43.